The molecule has 8 nitrogen and oxygen atoms in total. The number of halogens is 1. The van der Waals surface area contributed by atoms with Gasteiger partial charge >= 0.3 is 0 Å². The van der Waals surface area contributed by atoms with Crippen LogP contribution in [-0.2, 0) is 11.3 Å². The van der Waals surface area contributed by atoms with Crippen LogP contribution in [-0.4, -0.2) is 48.9 Å². The first-order valence-corrected chi connectivity index (χ1v) is 9.88. The Hall–Kier alpha value is -3.07. The van der Waals surface area contributed by atoms with Crippen LogP contribution in [0.25, 0.3) is 11.5 Å². The van der Waals surface area contributed by atoms with Gasteiger partial charge in [0.25, 0.3) is 5.91 Å². The zero-order valence-corrected chi connectivity index (χ0v) is 18.7. The zero-order valence-electron chi connectivity index (χ0n) is 17.1. The van der Waals surface area contributed by atoms with Crippen molar-refractivity contribution in [2.24, 2.45) is 0 Å². The third kappa shape index (κ3) is 5.10. The van der Waals surface area contributed by atoms with E-state index in [0.29, 0.717) is 34.6 Å². The van der Waals surface area contributed by atoms with Crippen molar-refractivity contribution in [2.45, 2.75) is 13.5 Å². The number of methoxy groups -OCH3 is 2. The monoisotopic (exact) mass is 475 g/mol. The molecule has 0 aliphatic rings. The fourth-order valence-electron chi connectivity index (χ4n) is 2.66. The topological polar surface area (TPSA) is 86.9 Å². The fourth-order valence-corrected chi connectivity index (χ4v) is 2.90. The lowest BCUT2D eigenvalue weighted by Crippen LogP contribution is -2.31. The molecule has 3 aromatic rings. The first-order valence-electron chi connectivity index (χ1n) is 9.09. The predicted octanol–water partition coefficient (Wildman–Crippen LogP) is 3.86. The number of nitrogens with zero attached hydrogens (tertiary/aromatic N) is 3. The Balaban J connectivity index is 1.60. The van der Waals surface area contributed by atoms with Crippen LogP contribution in [0.15, 0.2) is 45.3 Å². The third-order valence-corrected chi connectivity index (χ3v) is 5.28. The maximum absolute atomic E-state index is 12.4. The van der Waals surface area contributed by atoms with Crippen LogP contribution in [0.4, 0.5) is 0 Å². The SMILES string of the molecule is COc1ccc(-c2nnc(CN(C)C(=O)COc3ccc(Br)c(C)c3)o2)cc1OC. The summed E-state index contributed by atoms with van der Waals surface area (Å²) in [6.45, 7) is 2.03. The van der Waals surface area contributed by atoms with Crippen molar-refractivity contribution < 1.29 is 23.4 Å². The van der Waals surface area contributed by atoms with E-state index in [1.165, 1.54) is 4.90 Å². The maximum Gasteiger partial charge on any atom is 0.260 e. The summed E-state index contributed by atoms with van der Waals surface area (Å²) in [5.41, 5.74) is 1.72. The van der Waals surface area contributed by atoms with Crippen molar-refractivity contribution in [3.05, 3.63) is 52.3 Å². The number of benzene rings is 2. The molecule has 0 N–H and O–H groups in total. The predicted molar refractivity (Wildman–Crippen MR) is 114 cm³/mol. The Labute approximate surface area is 182 Å². The molecule has 0 atom stereocenters. The summed E-state index contributed by atoms with van der Waals surface area (Å²) in [6.07, 6.45) is 0. The average molecular weight is 476 g/mol. The molecule has 0 saturated carbocycles. The van der Waals surface area contributed by atoms with Crippen LogP contribution in [0.5, 0.6) is 17.2 Å². The summed E-state index contributed by atoms with van der Waals surface area (Å²) in [6, 6.07) is 10.9. The number of likely N-dealkylation sites (N-methyl/N-ethyl adjacent to an activating group) is 1. The molecule has 0 radical (unpaired) electrons. The number of aryl methyl sites for hydroxylation is 1. The molecule has 0 bridgehead atoms. The van der Waals surface area contributed by atoms with Crippen LogP contribution >= 0.6 is 15.9 Å². The number of rotatable bonds is 8. The normalized spacial score (nSPS) is 10.6. The van der Waals surface area contributed by atoms with Gasteiger partial charge in [0.15, 0.2) is 18.1 Å². The van der Waals surface area contributed by atoms with Crippen molar-refractivity contribution in [3.8, 4) is 28.7 Å². The van der Waals surface area contributed by atoms with Gasteiger partial charge in [-0.3, -0.25) is 4.79 Å². The van der Waals surface area contributed by atoms with Gasteiger partial charge in [-0.05, 0) is 48.9 Å². The van der Waals surface area contributed by atoms with Crippen molar-refractivity contribution in [2.75, 3.05) is 27.9 Å². The van der Waals surface area contributed by atoms with Gasteiger partial charge in [-0.25, -0.2) is 0 Å². The number of carbonyl (C=O) groups is 1. The second-order valence-corrected chi connectivity index (χ2v) is 7.37. The summed E-state index contributed by atoms with van der Waals surface area (Å²) < 4.78 is 22.8. The molecule has 2 aromatic carbocycles. The Morgan fingerprint density at radius 1 is 1.10 bits per heavy atom. The van der Waals surface area contributed by atoms with Gasteiger partial charge in [-0.2, -0.15) is 0 Å². The van der Waals surface area contributed by atoms with E-state index < -0.39 is 0 Å². The summed E-state index contributed by atoms with van der Waals surface area (Å²) in [5.74, 6) is 2.23. The Morgan fingerprint density at radius 3 is 2.57 bits per heavy atom. The average Bonchev–Trinajstić information content (AvgIpc) is 3.22. The molecule has 0 spiro atoms. The summed E-state index contributed by atoms with van der Waals surface area (Å²) in [5, 5.41) is 8.08. The molecule has 0 unspecified atom stereocenters. The van der Waals surface area contributed by atoms with E-state index in [-0.39, 0.29) is 19.1 Å². The maximum atomic E-state index is 12.4. The van der Waals surface area contributed by atoms with Crippen LogP contribution < -0.4 is 14.2 Å². The highest BCUT2D eigenvalue weighted by Crippen LogP contribution is 2.31. The minimum absolute atomic E-state index is 0.0890. The van der Waals surface area contributed by atoms with Gasteiger partial charge in [0, 0.05) is 17.1 Å². The highest BCUT2D eigenvalue weighted by molar-refractivity contribution is 9.10. The van der Waals surface area contributed by atoms with E-state index >= 15 is 0 Å². The molecule has 1 aromatic heterocycles. The molecule has 1 amide bonds. The smallest absolute Gasteiger partial charge is 0.260 e. The van der Waals surface area contributed by atoms with E-state index in [1.807, 2.05) is 19.1 Å². The third-order valence-electron chi connectivity index (χ3n) is 4.39. The Kier molecular flexibility index (Phi) is 6.94. The molecule has 0 aliphatic carbocycles. The lowest BCUT2D eigenvalue weighted by atomic mass is 10.2. The second-order valence-electron chi connectivity index (χ2n) is 6.52. The van der Waals surface area contributed by atoms with Crippen molar-refractivity contribution in [1.29, 1.82) is 0 Å². The van der Waals surface area contributed by atoms with E-state index in [4.69, 9.17) is 18.6 Å². The first-order chi connectivity index (χ1) is 14.4. The van der Waals surface area contributed by atoms with E-state index in [9.17, 15) is 4.79 Å². The number of amides is 1. The van der Waals surface area contributed by atoms with Crippen molar-refractivity contribution >= 4 is 21.8 Å². The van der Waals surface area contributed by atoms with Gasteiger partial charge in [0.2, 0.25) is 11.8 Å². The molecule has 30 heavy (non-hydrogen) atoms. The fraction of sp³-hybridized carbons (Fsp3) is 0.286. The number of aromatic nitrogens is 2. The van der Waals surface area contributed by atoms with Gasteiger partial charge in [0.05, 0.1) is 20.8 Å². The van der Waals surface area contributed by atoms with Crippen molar-refractivity contribution in [1.82, 2.24) is 15.1 Å². The number of carbonyl (C=O) groups excluding carboxylic acids is 1. The number of hydrogen-bond donors (Lipinski definition) is 0. The molecule has 158 valence electrons. The van der Waals surface area contributed by atoms with Crippen LogP contribution in [0.1, 0.15) is 11.5 Å². The summed E-state index contributed by atoms with van der Waals surface area (Å²) >= 11 is 3.44. The molecular formula is C21H22BrN3O5. The summed E-state index contributed by atoms with van der Waals surface area (Å²) in [4.78, 5) is 13.8. The lowest BCUT2D eigenvalue weighted by molar-refractivity contribution is -0.132. The van der Waals surface area contributed by atoms with Gasteiger partial charge in [-0.15, -0.1) is 10.2 Å². The Morgan fingerprint density at radius 2 is 1.87 bits per heavy atom. The van der Waals surface area contributed by atoms with Crippen LogP contribution in [0.3, 0.4) is 0 Å². The first kappa shape index (κ1) is 21.6. The van der Waals surface area contributed by atoms with Gasteiger partial charge < -0.3 is 23.5 Å². The second kappa shape index (κ2) is 9.62. The molecule has 9 heteroatoms. The molecule has 0 aliphatic heterocycles. The number of hydrogen-bond acceptors (Lipinski definition) is 7. The van der Waals surface area contributed by atoms with Crippen LogP contribution in [0.2, 0.25) is 0 Å². The van der Waals surface area contributed by atoms with Crippen LogP contribution in [0, 0.1) is 6.92 Å². The van der Waals surface area contributed by atoms with Gasteiger partial charge in [0.1, 0.15) is 5.75 Å². The minimum atomic E-state index is -0.207. The molecule has 3 rings (SSSR count). The van der Waals surface area contributed by atoms with E-state index in [2.05, 4.69) is 26.1 Å². The zero-order chi connectivity index (χ0) is 21.7. The highest BCUT2D eigenvalue weighted by Gasteiger charge is 2.16. The Bertz CT molecular complexity index is 1040. The van der Waals surface area contributed by atoms with E-state index in [0.717, 1.165) is 10.0 Å². The minimum Gasteiger partial charge on any atom is -0.493 e. The molecule has 0 saturated heterocycles. The quantitative estimate of drug-likeness (QED) is 0.488. The summed E-state index contributed by atoms with van der Waals surface area (Å²) in [7, 11) is 4.77. The van der Waals surface area contributed by atoms with Crippen molar-refractivity contribution in [3.63, 3.8) is 0 Å². The molecular weight excluding hydrogens is 454 g/mol. The van der Waals surface area contributed by atoms with E-state index in [1.54, 1.807) is 45.5 Å². The van der Waals surface area contributed by atoms with Gasteiger partial charge in [-0.1, -0.05) is 15.9 Å². The molecule has 1 heterocycles. The lowest BCUT2D eigenvalue weighted by Gasteiger charge is -2.15. The molecule has 0 fully saturated rings. The number of ether oxygens (including phenoxy) is 3. The standard InChI is InChI=1S/C21H22BrN3O5/c1-13-9-15(6-7-16(13)22)29-12-20(26)25(2)11-19-23-24-21(30-19)14-5-8-17(27-3)18(10-14)28-4/h5-10H,11-12H2,1-4H3. The highest BCUT2D eigenvalue weighted by atomic mass is 79.9. The largest absolute Gasteiger partial charge is 0.493 e.